The van der Waals surface area contributed by atoms with Crippen molar-refractivity contribution in [2.45, 2.75) is 51.3 Å². The first-order chi connectivity index (χ1) is 8.74. The first-order valence-corrected chi connectivity index (χ1v) is 7.24. The van der Waals surface area contributed by atoms with Crippen molar-refractivity contribution in [2.75, 3.05) is 40.5 Å². The van der Waals surface area contributed by atoms with E-state index in [0.29, 0.717) is 18.2 Å². The molecular formula is C14H30N2O2. The number of hydrogen-bond donors (Lipinski definition) is 1. The molecule has 4 nitrogen and oxygen atoms in total. The Morgan fingerprint density at radius 1 is 1.28 bits per heavy atom. The molecule has 0 radical (unpaired) electrons. The number of ether oxygens (including phenoxy) is 2. The zero-order valence-corrected chi connectivity index (χ0v) is 12.4. The molecule has 1 heterocycles. The van der Waals surface area contributed by atoms with Crippen LogP contribution in [0, 0.1) is 0 Å². The summed E-state index contributed by atoms with van der Waals surface area (Å²) in [6.07, 6.45) is 3.93. The molecule has 4 heteroatoms. The normalized spacial score (nSPS) is 24.3. The van der Waals surface area contributed by atoms with Gasteiger partial charge in [-0.1, -0.05) is 13.8 Å². The zero-order chi connectivity index (χ0) is 13.4. The SMILES string of the molecule is CCC(CC)N(CCOC)CC1CC(OC)CN1. The second kappa shape index (κ2) is 8.86. The Bertz CT molecular complexity index is 210. The highest BCUT2D eigenvalue weighted by atomic mass is 16.5. The van der Waals surface area contributed by atoms with Crippen LogP contribution in [-0.2, 0) is 9.47 Å². The summed E-state index contributed by atoms with van der Waals surface area (Å²) in [5, 5.41) is 3.56. The summed E-state index contributed by atoms with van der Waals surface area (Å²) in [4.78, 5) is 2.57. The third-order valence-corrected chi connectivity index (χ3v) is 4.01. The summed E-state index contributed by atoms with van der Waals surface area (Å²) in [7, 11) is 3.58. The predicted octanol–water partition coefficient (Wildman–Crippen LogP) is 1.50. The number of nitrogens with zero attached hydrogens (tertiary/aromatic N) is 1. The van der Waals surface area contributed by atoms with Gasteiger partial charge in [0.25, 0.3) is 0 Å². The number of rotatable bonds is 9. The third kappa shape index (κ3) is 4.84. The Hall–Kier alpha value is -0.160. The van der Waals surface area contributed by atoms with Gasteiger partial charge in [-0.3, -0.25) is 4.90 Å². The Morgan fingerprint density at radius 3 is 2.50 bits per heavy atom. The monoisotopic (exact) mass is 258 g/mol. The average molecular weight is 258 g/mol. The molecule has 1 aliphatic heterocycles. The Kier molecular flexibility index (Phi) is 7.82. The van der Waals surface area contributed by atoms with E-state index in [1.165, 1.54) is 12.8 Å². The quantitative estimate of drug-likeness (QED) is 0.679. The van der Waals surface area contributed by atoms with E-state index >= 15 is 0 Å². The first-order valence-electron chi connectivity index (χ1n) is 7.24. The standard InChI is InChI=1S/C14H30N2O2/c1-5-13(6-2)16(7-8-17-3)11-12-9-14(18-4)10-15-12/h12-15H,5-11H2,1-4H3. The second-order valence-corrected chi connectivity index (χ2v) is 5.16. The highest BCUT2D eigenvalue weighted by molar-refractivity contribution is 4.86. The summed E-state index contributed by atoms with van der Waals surface area (Å²) in [5.74, 6) is 0. The van der Waals surface area contributed by atoms with E-state index in [4.69, 9.17) is 9.47 Å². The van der Waals surface area contributed by atoms with Crippen molar-refractivity contribution in [3.05, 3.63) is 0 Å². The van der Waals surface area contributed by atoms with Crippen LogP contribution in [0.3, 0.4) is 0 Å². The van der Waals surface area contributed by atoms with Gasteiger partial charge in [-0.25, -0.2) is 0 Å². The van der Waals surface area contributed by atoms with E-state index < -0.39 is 0 Å². The third-order valence-electron chi connectivity index (χ3n) is 4.01. The molecule has 0 saturated carbocycles. The molecule has 0 amide bonds. The van der Waals surface area contributed by atoms with Gasteiger partial charge in [-0.05, 0) is 19.3 Å². The Balaban J connectivity index is 2.44. The van der Waals surface area contributed by atoms with E-state index in [-0.39, 0.29) is 0 Å². The van der Waals surface area contributed by atoms with Gasteiger partial charge in [-0.15, -0.1) is 0 Å². The lowest BCUT2D eigenvalue weighted by atomic mass is 10.1. The van der Waals surface area contributed by atoms with Gasteiger partial charge in [-0.2, -0.15) is 0 Å². The van der Waals surface area contributed by atoms with Crippen LogP contribution in [0.25, 0.3) is 0 Å². The molecule has 1 N–H and O–H groups in total. The number of hydrogen-bond acceptors (Lipinski definition) is 4. The molecule has 0 aromatic rings. The maximum Gasteiger partial charge on any atom is 0.0711 e. The number of nitrogens with one attached hydrogen (secondary N) is 1. The van der Waals surface area contributed by atoms with Gasteiger partial charge in [0.2, 0.25) is 0 Å². The summed E-state index contributed by atoms with van der Waals surface area (Å²) in [6.45, 7) is 8.48. The maximum absolute atomic E-state index is 5.41. The largest absolute Gasteiger partial charge is 0.383 e. The van der Waals surface area contributed by atoms with Crippen molar-refractivity contribution < 1.29 is 9.47 Å². The topological polar surface area (TPSA) is 33.7 Å². The van der Waals surface area contributed by atoms with Crippen LogP contribution in [0.15, 0.2) is 0 Å². The Morgan fingerprint density at radius 2 is 2.00 bits per heavy atom. The van der Waals surface area contributed by atoms with E-state index in [1.807, 2.05) is 0 Å². The molecule has 0 spiro atoms. The lowest BCUT2D eigenvalue weighted by molar-refractivity contribution is 0.0989. The molecule has 2 atom stereocenters. The molecule has 1 fully saturated rings. The highest BCUT2D eigenvalue weighted by Crippen LogP contribution is 2.15. The summed E-state index contributed by atoms with van der Waals surface area (Å²) in [6, 6.07) is 1.23. The van der Waals surface area contributed by atoms with Crippen molar-refractivity contribution in [2.24, 2.45) is 0 Å². The molecule has 0 aliphatic carbocycles. The van der Waals surface area contributed by atoms with Crippen LogP contribution in [0.1, 0.15) is 33.1 Å². The van der Waals surface area contributed by atoms with Crippen LogP contribution in [0.4, 0.5) is 0 Å². The van der Waals surface area contributed by atoms with Gasteiger partial charge in [0.05, 0.1) is 12.7 Å². The minimum absolute atomic E-state index is 0.390. The van der Waals surface area contributed by atoms with E-state index in [1.54, 1.807) is 14.2 Å². The molecule has 1 rings (SSSR count). The Labute approximate surface area is 112 Å². The zero-order valence-electron chi connectivity index (χ0n) is 12.4. The summed E-state index contributed by atoms with van der Waals surface area (Å²) < 4.78 is 10.6. The van der Waals surface area contributed by atoms with Crippen LogP contribution >= 0.6 is 0 Å². The fourth-order valence-corrected chi connectivity index (χ4v) is 2.82. The van der Waals surface area contributed by atoms with Gasteiger partial charge >= 0.3 is 0 Å². The lowest BCUT2D eigenvalue weighted by Gasteiger charge is -2.32. The van der Waals surface area contributed by atoms with E-state index in [0.717, 1.165) is 32.7 Å². The summed E-state index contributed by atoms with van der Waals surface area (Å²) in [5.41, 5.74) is 0. The average Bonchev–Trinajstić information content (AvgIpc) is 2.84. The van der Waals surface area contributed by atoms with E-state index in [2.05, 4.69) is 24.1 Å². The van der Waals surface area contributed by atoms with Gasteiger partial charge < -0.3 is 14.8 Å². The molecule has 0 aromatic heterocycles. The minimum Gasteiger partial charge on any atom is -0.383 e. The first kappa shape index (κ1) is 15.9. The predicted molar refractivity (Wildman–Crippen MR) is 75.0 cm³/mol. The van der Waals surface area contributed by atoms with Crippen LogP contribution in [0.5, 0.6) is 0 Å². The van der Waals surface area contributed by atoms with Crippen LogP contribution in [0.2, 0.25) is 0 Å². The fraction of sp³-hybridized carbons (Fsp3) is 1.00. The molecule has 18 heavy (non-hydrogen) atoms. The molecule has 1 saturated heterocycles. The van der Waals surface area contributed by atoms with Crippen molar-refractivity contribution >= 4 is 0 Å². The lowest BCUT2D eigenvalue weighted by Crippen LogP contribution is -2.44. The van der Waals surface area contributed by atoms with Crippen molar-refractivity contribution in [3.63, 3.8) is 0 Å². The van der Waals surface area contributed by atoms with Crippen molar-refractivity contribution in [3.8, 4) is 0 Å². The molecule has 1 aliphatic rings. The van der Waals surface area contributed by atoms with Gasteiger partial charge in [0.15, 0.2) is 0 Å². The van der Waals surface area contributed by atoms with Crippen LogP contribution in [-0.4, -0.2) is 63.5 Å². The van der Waals surface area contributed by atoms with Crippen molar-refractivity contribution in [1.82, 2.24) is 10.2 Å². The molecule has 2 unspecified atom stereocenters. The van der Waals surface area contributed by atoms with Crippen LogP contribution < -0.4 is 5.32 Å². The van der Waals surface area contributed by atoms with E-state index in [9.17, 15) is 0 Å². The minimum atomic E-state index is 0.390. The highest BCUT2D eigenvalue weighted by Gasteiger charge is 2.27. The van der Waals surface area contributed by atoms with Gasteiger partial charge in [0.1, 0.15) is 0 Å². The molecule has 0 bridgehead atoms. The fourth-order valence-electron chi connectivity index (χ4n) is 2.82. The summed E-state index contributed by atoms with van der Waals surface area (Å²) >= 11 is 0. The smallest absolute Gasteiger partial charge is 0.0711 e. The molecule has 0 aromatic carbocycles. The second-order valence-electron chi connectivity index (χ2n) is 5.16. The molecule has 108 valence electrons. The molecular weight excluding hydrogens is 228 g/mol. The number of methoxy groups -OCH3 is 2. The van der Waals surface area contributed by atoms with Crippen molar-refractivity contribution in [1.29, 1.82) is 0 Å². The van der Waals surface area contributed by atoms with Gasteiger partial charge in [0, 0.05) is 45.9 Å². The maximum atomic E-state index is 5.41.